The summed E-state index contributed by atoms with van der Waals surface area (Å²) < 4.78 is 0. The van der Waals surface area contributed by atoms with Crippen molar-refractivity contribution in [2.45, 2.75) is 40.5 Å². The minimum atomic E-state index is 0.841. The molecular formula is C11H24S. The Balaban J connectivity index is 3.89. The van der Waals surface area contributed by atoms with Crippen molar-refractivity contribution in [1.82, 2.24) is 0 Å². The summed E-state index contributed by atoms with van der Waals surface area (Å²) in [4.78, 5) is 0. The normalized spacial score (nSPS) is 16.5. The van der Waals surface area contributed by atoms with Crippen molar-refractivity contribution in [3.63, 3.8) is 0 Å². The minimum Gasteiger partial charge on any atom is -0.165 e. The van der Waals surface area contributed by atoms with Gasteiger partial charge in [-0.1, -0.05) is 34.1 Å². The second kappa shape index (κ2) is 6.82. The Morgan fingerprint density at radius 2 is 1.75 bits per heavy atom. The third kappa shape index (κ3) is 4.39. The van der Waals surface area contributed by atoms with Crippen LogP contribution >= 0.6 is 11.8 Å². The van der Waals surface area contributed by atoms with Crippen LogP contribution in [0.5, 0.6) is 0 Å². The molecule has 2 atom stereocenters. The SMILES string of the molecule is CCCC(CSC)C(C)C(C)C. The van der Waals surface area contributed by atoms with Gasteiger partial charge in [-0.2, -0.15) is 11.8 Å². The Labute approximate surface area is 82.5 Å². The van der Waals surface area contributed by atoms with Gasteiger partial charge in [-0.3, -0.25) is 0 Å². The second-order valence-corrected chi connectivity index (χ2v) is 5.02. The zero-order chi connectivity index (χ0) is 9.56. The Bertz CT molecular complexity index is 93.2. The topological polar surface area (TPSA) is 0 Å². The van der Waals surface area contributed by atoms with Gasteiger partial charge in [0, 0.05) is 0 Å². The monoisotopic (exact) mass is 188 g/mol. The minimum absolute atomic E-state index is 0.841. The molecule has 0 aromatic rings. The van der Waals surface area contributed by atoms with Crippen LogP contribution in [-0.2, 0) is 0 Å². The van der Waals surface area contributed by atoms with Gasteiger partial charge in [-0.05, 0) is 36.2 Å². The van der Waals surface area contributed by atoms with Gasteiger partial charge in [0.15, 0.2) is 0 Å². The Hall–Kier alpha value is 0.350. The fourth-order valence-corrected chi connectivity index (χ4v) is 2.53. The molecule has 0 nitrogen and oxygen atoms in total. The van der Waals surface area contributed by atoms with Crippen molar-refractivity contribution >= 4 is 11.8 Å². The molecule has 0 rings (SSSR count). The van der Waals surface area contributed by atoms with E-state index in [1.165, 1.54) is 18.6 Å². The summed E-state index contributed by atoms with van der Waals surface area (Å²) in [5.41, 5.74) is 0. The number of hydrogen-bond acceptors (Lipinski definition) is 1. The van der Waals surface area contributed by atoms with Crippen LogP contribution in [0.1, 0.15) is 40.5 Å². The van der Waals surface area contributed by atoms with Crippen molar-refractivity contribution in [3.8, 4) is 0 Å². The molecule has 0 saturated heterocycles. The molecule has 0 amide bonds. The molecule has 0 saturated carbocycles. The van der Waals surface area contributed by atoms with Crippen molar-refractivity contribution in [2.24, 2.45) is 17.8 Å². The van der Waals surface area contributed by atoms with Gasteiger partial charge < -0.3 is 0 Å². The predicted octanol–water partition coefficient (Wildman–Crippen LogP) is 4.06. The second-order valence-electron chi connectivity index (χ2n) is 4.11. The zero-order valence-corrected chi connectivity index (χ0v) is 10.1. The van der Waals surface area contributed by atoms with E-state index in [1.807, 2.05) is 11.8 Å². The summed E-state index contributed by atoms with van der Waals surface area (Å²) >= 11 is 2.00. The molecule has 0 aliphatic heterocycles. The van der Waals surface area contributed by atoms with Crippen molar-refractivity contribution in [3.05, 3.63) is 0 Å². The average Bonchev–Trinajstić information content (AvgIpc) is 2.03. The highest BCUT2D eigenvalue weighted by atomic mass is 32.2. The van der Waals surface area contributed by atoms with E-state index in [4.69, 9.17) is 0 Å². The highest BCUT2D eigenvalue weighted by Gasteiger charge is 2.18. The number of rotatable bonds is 6. The lowest BCUT2D eigenvalue weighted by Gasteiger charge is -2.26. The van der Waals surface area contributed by atoms with Crippen molar-refractivity contribution < 1.29 is 0 Å². The maximum absolute atomic E-state index is 2.40. The maximum atomic E-state index is 2.40. The van der Waals surface area contributed by atoms with E-state index in [0.29, 0.717) is 0 Å². The molecule has 0 N–H and O–H groups in total. The molecule has 0 heterocycles. The lowest BCUT2D eigenvalue weighted by Crippen LogP contribution is -2.19. The third-order valence-electron chi connectivity index (χ3n) is 2.84. The van der Waals surface area contributed by atoms with E-state index in [9.17, 15) is 0 Å². The van der Waals surface area contributed by atoms with E-state index in [1.54, 1.807) is 0 Å². The highest BCUT2D eigenvalue weighted by molar-refractivity contribution is 7.98. The Kier molecular flexibility index (Phi) is 7.02. The number of hydrogen-bond donors (Lipinski definition) is 0. The Morgan fingerprint density at radius 3 is 2.08 bits per heavy atom. The van der Waals surface area contributed by atoms with Crippen LogP contribution in [0, 0.1) is 17.8 Å². The molecule has 74 valence electrons. The highest BCUT2D eigenvalue weighted by Crippen LogP contribution is 2.26. The molecule has 0 radical (unpaired) electrons. The molecule has 0 aliphatic carbocycles. The standard InChI is InChI=1S/C11H24S/c1-6-7-11(8-12-5)10(4)9(2)3/h9-11H,6-8H2,1-5H3. The summed E-state index contributed by atoms with van der Waals surface area (Å²) in [6, 6.07) is 0. The maximum Gasteiger partial charge on any atom is -0.00393 e. The molecule has 12 heavy (non-hydrogen) atoms. The zero-order valence-electron chi connectivity index (χ0n) is 9.26. The largest absolute Gasteiger partial charge is 0.165 e. The van der Waals surface area contributed by atoms with Crippen LogP contribution in [0.3, 0.4) is 0 Å². The summed E-state index contributed by atoms with van der Waals surface area (Å²) in [5.74, 6) is 4.00. The molecule has 2 unspecified atom stereocenters. The van der Waals surface area contributed by atoms with Gasteiger partial charge >= 0.3 is 0 Å². The first-order valence-corrected chi connectivity index (χ1v) is 6.51. The van der Waals surface area contributed by atoms with Gasteiger partial charge in [0.05, 0.1) is 0 Å². The van der Waals surface area contributed by atoms with E-state index in [0.717, 1.165) is 17.8 Å². The average molecular weight is 188 g/mol. The number of thioether (sulfide) groups is 1. The molecule has 0 aromatic carbocycles. The fourth-order valence-electron chi connectivity index (χ4n) is 1.63. The molecule has 0 fully saturated rings. The van der Waals surface area contributed by atoms with E-state index < -0.39 is 0 Å². The molecule has 0 spiro atoms. The molecule has 0 aromatic heterocycles. The first kappa shape index (κ1) is 12.3. The van der Waals surface area contributed by atoms with Crippen LogP contribution in [0.25, 0.3) is 0 Å². The molecular weight excluding hydrogens is 164 g/mol. The van der Waals surface area contributed by atoms with Gasteiger partial charge in [0.1, 0.15) is 0 Å². The van der Waals surface area contributed by atoms with Gasteiger partial charge in [-0.25, -0.2) is 0 Å². The quantitative estimate of drug-likeness (QED) is 0.606. The predicted molar refractivity (Wildman–Crippen MR) is 60.8 cm³/mol. The fraction of sp³-hybridized carbons (Fsp3) is 1.00. The smallest absolute Gasteiger partial charge is 0.00393 e. The van der Waals surface area contributed by atoms with Crippen LogP contribution in [0.4, 0.5) is 0 Å². The van der Waals surface area contributed by atoms with Crippen LogP contribution in [-0.4, -0.2) is 12.0 Å². The van der Waals surface area contributed by atoms with E-state index >= 15 is 0 Å². The summed E-state index contributed by atoms with van der Waals surface area (Å²) in [5, 5.41) is 0. The van der Waals surface area contributed by atoms with Crippen molar-refractivity contribution in [1.29, 1.82) is 0 Å². The van der Waals surface area contributed by atoms with Gasteiger partial charge in [0.2, 0.25) is 0 Å². The lowest BCUT2D eigenvalue weighted by molar-refractivity contribution is 0.285. The molecule has 0 aliphatic rings. The molecule has 0 bridgehead atoms. The first-order valence-electron chi connectivity index (χ1n) is 5.12. The summed E-state index contributed by atoms with van der Waals surface area (Å²) in [7, 11) is 0. The van der Waals surface area contributed by atoms with Crippen LogP contribution in [0.15, 0.2) is 0 Å². The Morgan fingerprint density at radius 1 is 1.17 bits per heavy atom. The first-order chi connectivity index (χ1) is 5.63. The molecule has 1 heteroatoms. The summed E-state index contributed by atoms with van der Waals surface area (Å²) in [6.07, 6.45) is 4.96. The van der Waals surface area contributed by atoms with E-state index in [2.05, 4.69) is 34.0 Å². The van der Waals surface area contributed by atoms with Gasteiger partial charge in [-0.15, -0.1) is 0 Å². The van der Waals surface area contributed by atoms with Crippen LogP contribution in [0.2, 0.25) is 0 Å². The lowest BCUT2D eigenvalue weighted by atomic mass is 9.83. The third-order valence-corrected chi connectivity index (χ3v) is 3.60. The van der Waals surface area contributed by atoms with E-state index in [-0.39, 0.29) is 0 Å². The van der Waals surface area contributed by atoms with Gasteiger partial charge in [0.25, 0.3) is 0 Å². The van der Waals surface area contributed by atoms with Crippen LogP contribution < -0.4 is 0 Å². The van der Waals surface area contributed by atoms with Crippen molar-refractivity contribution in [2.75, 3.05) is 12.0 Å². The summed E-state index contributed by atoms with van der Waals surface area (Å²) in [6.45, 7) is 9.38.